The number of rotatable bonds is 7. The van der Waals surface area contributed by atoms with Crippen molar-refractivity contribution in [3.05, 3.63) is 0 Å². The zero-order chi connectivity index (χ0) is 11.9. The van der Waals surface area contributed by atoms with E-state index in [4.69, 9.17) is 14.2 Å². The highest BCUT2D eigenvalue weighted by Crippen LogP contribution is 2.18. The first kappa shape index (κ1) is 14.3. The Labute approximate surface area is 91.3 Å². The zero-order valence-corrected chi connectivity index (χ0v) is 10.2. The van der Waals surface area contributed by atoms with Crippen LogP contribution in [0.1, 0.15) is 20.8 Å². The van der Waals surface area contributed by atoms with Crippen LogP contribution in [0.4, 0.5) is 0 Å². The van der Waals surface area contributed by atoms with Gasteiger partial charge >= 0.3 is 11.9 Å². The van der Waals surface area contributed by atoms with Gasteiger partial charge in [-0.3, -0.25) is 0 Å². The Balaban J connectivity index is 4.83. The molecule has 0 aliphatic carbocycles. The van der Waals surface area contributed by atoms with Crippen LogP contribution in [0, 0.1) is 0 Å². The van der Waals surface area contributed by atoms with Gasteiger partial charge in [-0.25, -0.2) is 9.69 Å². The average Bonchev–Trinajstić information content (AvgIpc) is 2.17. The second kappa shape index (κ2) is 6.76. The summed E-state index contributed by atoms with van der Waals surface area (Å²) in [7, 11) is 3.42. The fraction of sp³-hybridized carbons (Fsp3) is 0.900. The summed E-state index contributed by atoms with van der Waals surface area (Å²) in [5, 5.41) is 0. The molecule has 0 rings (SSSR count). The lowest BCUT2D eigenvalue weighted by Gasteiger charge is -2.35. The van der Waals surface area contributed by atoms with Crippen molar-refractivity contribution in [3.63, 3.8) is 0 Å². The summed E-state index contributed by atoms with van der Waals surface area (Å²) >= 11 is 0. The fourth-order valence-corrected chi connectivity index (χ4v) is 1.21. The molecule has 0 bridgehead atoms. The van der Waals surface area contributed by atoms with Crippen molar-refractivity contribution in [1.29, 1.82) is 0 Å². The monoisotopic (exact) mass is 219 g/mol. The molecule has 0 N–H and O–H groups in total. The second-order valence-corrected chi connectivity index (χ2v) is 3.06. The van der Waals surface area contributed by atoms with Crippen LogP contribution in [0.2, 0.25) is 0 Å². The Morgan fingerprint density at radius 3 is 1.80 bits per heavy atom. The lowest BCUT2D eigenvalue weighted by molar-refractivity contribution is -0.297. The Kier molecular flexibility index (Phi) is 6.47. The predicted octanol–water partition coefficient (Wildman–Crippen LogP) is 0.838. The molecular weight excluding hydrogens is 198 g/mol. The summed E-state index contributed by atoms with van der Waals surface area (Å²) in [4.78, 5) is 13.3. The minimum absolute atomic E-state index is 0.300. The number of ether oxygens (including phenoxy) is 3. The summed E-state index contributed by atoms with van der Waals surface area (Å²) < 4.78 is 15.7. The van der Waals surface area contributed by atoms with E-state index in [1.165, 1.54) is 0 Å². The molecule has 90 valence electrons. The zero-order valence-electron chi connectivity index (χ0n) is 10.2. The van der Waals surface area contributed by atoms with Crippen molar-refractivity contribution >= 4 is 5.97 Å². The fourth-order valence-electron chi connectivity index (χ4n) is 1.21. The number of carbonyl (C=O) groups excluding carboxylic acids is 1. The molecule has 0 radical (unpaired) electrons. The van der Waals surface area contributed by atoms with Gasteiger partial charge < -0.3 is 14.2 Å². The van der Waals surface area contributed by atoms with Crippen molar-refractivity contribution in [1.82, 2.24) is 4.90 Å². The normalized spacial score (nSPS) is 11.9. The third-order valence-electron chi connectivity index (χ3n) is 1.80. The van der Waals surface area contributed by atoms with Gasteiger partial charge in [-0.05, 0) is 34.9 Å². The van der Waals surface area contributed by atoms with Crippen molar-refractivity contribution < 1.29 is 19.0 Å². The molecule has 0 spiro atoms. The highest BCUT2D eigenvalue weighted by Gasteiger charge is 2.45. The van der Waals surface area contributed by atoms with Gasteiger partial charge in [-0.15, -0.1) is 0 Å². The predicted molar refractivity (Wildman–Crippen MR) is 56.3 cm³/mol. The lowest BCUT2D eigenvalue weighted by Crippen LogP contribution is -2.56. The highest BCUT2D eigenvalue weighted by atomic mass is 16.7. The van der Waals surface area contributed by atoms with E-state index in [0.717, 1.165) is 0 Å². The summed E-state index contributed by atoms with van der Waals surface area (Å²) in [6.07, 6.45) is 0. The maximum atomic E-state index is 11.8. The van der Waals surface area contributed by atoms with Crippen LogP contribution in [-0.2, 0) is 19.0 Å². The van der Waals surface area contributed by atoms with Gasteiger partial charge in [0, 0.05) is 13.2 Å². The smallest absolute Gasteiger partial charge is 0.384 e. The summed E-state index contributed by atoms with van der Waals surface area (Å²) in [5.41, 5.74) is 0. The van der Waals surface area contributed by atoms with Crippen LogP contribution in [0.25, 0.3) is 0 Å². The van der Waals surface area contributed by atoms with Crippen molar-refractivity contribution in [2.75, 3.05) is 33.9 Å². The van der Waals surface area contributed by atoms with Gasteiger partial charge in [0.15, 0.2) is 0 Å². The first-order valence-electron chi connectivity index (χ1n) is 5.17. The maximum absolute atomic E-state index is 11.8. The molecule has 5 nitrogen and oxygen atoms in total. The van der Waals surface area contributed by atoms with Crippen LogP contribution in [0.5, 0.6) is 0 Å². The Hall–Kier alpha value is -0.650. The average molecular weight is 219 g/mol. The third-order valence-corrected chi connectivity index (χ3v) is 1.80. The van der Waals surface area contributed by atoms with Crippen molar-refractivity contribution in [3.8, 4) is 0 Å². The van der Waals surface area contributed by atoms with Gasteiger partial charge in [0.2, 0.25) is 0 Å². The number of nitrogens with zero attached hydrogens (tertiary/aromatic N) is 1. The molecule has 0 heterocycles. The summed E-state index contributed by atoms with van der Waals surface area (Å²) in [5.74, 6) is -1.93. The molecular formula is C10H21NO4. The largest absolute Gasteiger partial charge is 0.461 e. The molecule has 0 atom stereocenters. The molecule has 0 saturated heterocycles. The SMILES string of the molecule is CCOC(=O)C(OCC)(OCC)N(C)C. The van der Waals surface area contributed by atoms with Crippen LogP contribution < -0.4 is 0 Å². The molecule has 15 heavy (non-hydrogen) atoms. The Morgan fingerprint density at radius 2 is 1.53 bits per heavy atom. The third kappa shape index (κ3) is 3.44. The van der Waals surface area contributed by atoms with E-state index < -0.39 is 11.9 Å². The molecule has 5 heteroatoms. The minimum Gasteiger partial charge on any atom is -0.461 e. The maximum Gasteiger partial charge on any atom is 0.384 e. The van der Waals surface area contributed by atoms with Crippen molar-refractivity contribution in [2.24, 2.45) is 0 Å². The molecule has 0 saturated carbocycles. The topological polar surface area (TPSA) is 48.0 Å². The van der Waals surface area contributed by atoms with Gasteiger partial charge in [0.25, 0.3) is 0 Å². The quantitative estimate of drug-likeness (QED) is 0.469. The van der Waals surface area contributed by atoms with E-state index in [-0.39, 0.29) is 0 Å². The molecule has 0 aliphatic heterocycles. The molecule has 0 aromatic heterocycles. The molecule has 0 fully saturated rings. The van der Waals surface area contributed by atoms with Gasteiger partial charge in [0.05, 0.1) is 6.61 Å². The van der Waals surface area contributed by atoms with E-state index in [9.17, 15) is 4.79 Å². The summed E-state index contributed by atoms with van der Waals surface area (Å²) in [6, 6.07) is 0. The van der Waals surface area contributed by atoms with Gasteiger partial charge in [-0.2, -0.15) is 0 Å². The summed E-state index contributed by atoms with van der Waals surface area (Å²) in [6.45, 7) is 6.39. The van der Waals surface area contributed by atoms with Crippen LogP contribution in [-0.4, -0.2) is 50.7 Å². The van der Waals surface area contributed by atoms with Crippen molar-refractivity contribution in [2.45, 2.75) is 26.7 Å². The van der Waals surface area contributed by atoms with Crippen LogP contribution >= 0.6 is 0 Å². The first-order valence-corrected chi connectivity index (χ1v) is 5.17. The molecule has 0 aliphatic rings. The molecule has 0 amide bonds. The van der Waals surface area contributed by atoms with Gasteiger partial charge in [-0.1, -0.05) is 0 Å². The Morgan fingerprint density at radius 1 is 1.07 bits per heavy atom. The number of esters is 1. The first-order chi connectivity index (χ1) is 7.05. The number of carbonyl (C=O) groups is 1. The molecule has 0 unspecified atom stereocenters. The minimum atomic E-state index is -1.42. The standard InChI is InChI=1S/C10H21NO4/c1-6-13-9(12)10(11(4)5,14-7-2)15-8-3/h6-8H2,1-5H3. The highest BCUT2D eigenvalue weighted by molar-refractivity contribution is 5.77. The number of hydrogen-bond acceptors (Lipinski definition) is 5. The number of likely N-dealkylation sites (N-methyl/N-ethyl adjacent to an activating group) is 1. The van der Waals surface area contributed by atoms with E-state index in [0.29, 0.717) is 19.8 Å². The second-order valence-electron chi connectivity index (χ2n) is 3.06. The van der Waals surface area contributed by atoms with E-state index >= 15 is 0 Å². The Bertz CT molecular complexity index is 188. The van der Waals surface area contributed by atoms with E-state index in [1.54, 1.807) is 39.8 Å². The van der Waals surface area contributed by atoms with E-state index in [2.05, 4.69) is 0 Å². The van der Waals surface area contributed by atoms with Crippen LogP contribution in [0.15, 0.2) is 0 Å². The molecule has 0 aromatic carbocycles. The van der Waals surface area contributed by atoms with Crippen LogP contribution in [0.3, 0.4) is 0 Å². The van der Waals surface area contributed by atoms with Gasteiger partial charge in [0.1, 0.15) is 0 Å². The number of hydrogen-bond donors (Lipinski definition) is 0. The van der Waals surface area contributed by atoms with E-state index in [1.807, 2.05) is 0 Å². The lowest BCUT2D eigenvalue weighted by atomic mass is 10.4. The molecule has 0 aromatic rings.